The minimum Gasteiger partial charge on any atom is -0.337 e. The molecule has 0 atom stereocenters. The summed E-state index contributed by atoms with van der Waals surface area (Å²) in [6.07, 6.45) is 0. The first-order valence-electron chi connectivity index (χ1n) is 4.57. The van der Waals surface area contributed by atoms with E-state index in [-0.39, 0.29) is 5.91 Å². The summed E-state index contributed by atoms with van der Waals surface area (Å²) in [7, 11) is 1.79. The molecule has 15 heavy (non-hydrogen) atoms. The number of thiophene rings is 1. The van der Waals surface area contributed by atoms with Gasteiger partial charge >= 0.3 is 0 Å². The highest BCUT2D eigenvalue weighted by molar-refractivity contribution is 9.11. The van der Waals surface area contributed by atoms with Crippen molar-refractivity contribution >= 4 is 33.2 Å². The Labute approximate surface area is 103 Å². The smallest absolute Gasteiger partial charge is 0.264 e. The lowest BCUT2D eigenvalue weighted by atomic mass is 10.3. The van der Waals surface area contributed by atoms with E-state index in [2.05, 4.69) is 22.5 Å². The molecule has 4 heteroatoms. The van der Waals surface area contributed by atoms with E-state index in [1.165, 1.54) is 11.3 Å². The number of halogens is 1. The van der Waals surface area contributed by atoms with Gasteiger partial charge in [-0.2, -0.15) is 0 Å². The van der Waals surface area contributed by atoms with Gasteiger partial charge in [-0.15, -0.1) is 11.3 Å². The number of hydrogen-bond donors (Lipinski definition) is 0. The van der Waals surface area contributed by atoms with Crippen LogP contribution in [0.25, 0.3) is 0 Å². The zero-order valence-electron chi connectivity index (χ0n) is 9.13. The fourth-order valence-electron chi connectivity index (χ4n) is 1.23. The monoisotopic (exact) mass is 287 g/mol. The third-order valence-corrected chi connectivity index (χ3v) is 4.05. The fraction of sp³-hybridized carbons (Fsp3) is 0.364. The van der Waals surface area contributed by atoms with E-state index >= 15 is 0 Å². The molecule has 0 aromatic carbocycles. The molecular formula is C11H14BrNOS. The molecule has 0 aliphatic heterocycles. The SMILES string of the molecule is C=C(C)CN(C)C(=O)c1cc(C)c(Br)s1. The van der Waals surface area contributed by atoms with Crippen LogP contribution >= 0.6 is 27.3 Å². The second kappa shape index (κ2) is 4.94. The normalized spacial score (nSPS) is 10.1. The van der Waals surface area contributed by atoms with Gasteiger partial charge in [0.25, 0.3) is 5.91 Å². The van der Waals surface area contributed by atoms with Crippen molar-refractivity contribution in [2.24, 2.45) is 0 Å². The second-order valence-electron chi connectivity index (χ2n) is 3.69. The molecule has 0 unspecified atom stereocenters. The molecule has 0 bridgehead atoms. The predicted octanol–water partition coefficient (Wildman–Crippen LogP) is 3.47. The molecule has 0 saturated carbocycles. The number of nitrogens with zero attached hydrogens (tertiary/aromatic N) is 1. The highest BCUT2D eigenvalue weighted by atomic mass is 79.9. The quantitative estimate of drug-likeness (QED) is 0.780. The van der Waals surface area contributed by atoms with E-state index < -0.39 is 0 Å². The molecular weight excluding hydrogens is 274 g/mol. The Balaban J connectivity index is 2.80. The van der Waals surface area contributed by atoms with Crippen molar-refractivity contribution in [2.75, 3.05) is 13.6 Å². The number of amides is 1. The molecule has 0 saturated heterocycles. The molecule has 0 N–H and O–H groups in total. The van der Waals surface area contributed by atoms with Gasteiger partial charge in [-0.25, -0.2) is 0 Å². The van der Waals surface area contributed by atoms with Gasteiger partial charge < -0.3 is 4.90 Å². The van der Waals surface area contributed by atoms with E-state index in [1.807, 2.05) is 19.9 Å². The Morgan fingerprint density at radius 1 is 1.67 bits per heavy atom. The molecule has 0 aliphatic rings. The van der Waals surface area contributed by atoms with Gasteiger partial charge in [0.15, 0.2) is 0 Å². The van der Waals surface area contributed by atoms with Crippen molar-refractivity contribution in [1.82, 2.24) is 4.90 Å². The van der Waals surface area contributed by atoms with Crippen molar-refractivity contribution < 1.29 is 4.79 Å². The number of carbonyl (C=O) groups excluding carboxylic acids is 1. The Morgan fingerprint density at radius 3 is 2.67 bits per heavy atom. The zero-order chi connectivity index (χ0) is 11.6. The lowest BCUT2D eigenvalue weighted by Gasteiger charge is -2.15. The van der Waals surface area contributed by atoms with Gasteiger partial charge in [-0.1, -0.05) is 12.2 Å². The minimum absolute atomic E-state index is 0.0526. The van der Waals surface area contributed by atoms with Crippen LogP contribution in [-0.4, -0.2) is 24.4 Å². The topological polar surface area (TPSA) is 20.3 Å². The van der Waals surface area contributed by atoms with E-state index in [9.17, 15) is 4.79 Å². The highest BCUT2D eigenvalue weighted by Crippen LogP contribution is 2.28. The van der Waals surface area contributed by atoms with Crippen LogP contribution in [0.1, 0.15) is 22.2 Å². The minimum atomic E-state index is 0.0526. The summed E-state index contributed by atoms with van der Waals surface area (Å²) in [6, 6.07) is 1.91. The van der Waals surface area contributed by atoms with Gasteiger partial charge in [0, 0.05) is 13.6 Å². The molecule has 1 rings (SSSR count). The van der Waals surface area contributed by atoms with Crippen LogP contribution in [0.4, 0.5) is 0 Å². The van der Waals surface area contributed by atoms with Crippen LogP contribution in [0, 0.1) is 6.92 Å². The standard InChI is InChI=1S/C11H14BrNOS/c1-7(2)6-13(4)11(14)9-5-8(3)10(12)15-9/h5H,1,6H2,2-4H3. The number of carbonyl (C=O) groups is 1. The molecule has 1 heterocycles. The number of likely N-dealkylation sites (N-methyl/N-ethyl adjacent to an activating group) is 1. The lowest BCUT2D eigenvalue weighted by molar-refractivity contribution is 0.0811. The van der Waals surface area contributed by atoms with Crippen molar-refractivity contribution in [3.63, 3.8) is 0 Å². The average molecular weight is 288 g/mol. The number of hydrogen-bond acceptors (Lipinski definition) is 2. The lowest BCUT2D eigenvalue weighted by Crippen LogP contribution is -2.27. The van der Waals surface area contributed by atoms with Crippen molar-refractivity contribution in [1.29, 1.82) is 0 Å². The maximum atomic E-state index is 11.9. The summed E-state index contributed by atoms with van der Waals surface area (Å²) in [5.74, 6) is 0.0526. The summed E-state index contributed by atoms with van der Waals surface area (Å²) in [4.78, 5) is 14.4. The molecule has 2 nitrogen and oxygen atoms in total. The first kappa shape index (κ1) is 12.5. The molecule has 1 aromatic rings. The maximum absolute atomic E-state index is 11.9. The fourth-order valence-corrected chi connectivity index (χ4v) is 2.76. The Kier molecular flexibility index (Phi) is 4.11. The third-order valence-electron chi connectivity index (χ3n) is 1.92. The van der Waals surface area contributed by atoms with E-state index in [0.717, 1.165) is 19.8 Å². The Morgan fingerprint density at radius 2 is 2.27 bits per heavy atom. The van der Waals surface area contributed by atoms with E-state index in [0.29, 0.717) is 6.54 Å². The maximum Gasteiger partial charge on any atom is 0.264 e. The van der Waals surface area contributed by atoms with Crippen LogP contribution in [0.15, 0.2) is 22.0 Å². The molecule has 82 valence electrons. The van der Waals surface area contributed by atoms with Gasteiger partial charge in [-0.3, -0.25) is 4.79 Å². The molecule has 0 spiro atoms. The summed E-state index contributed by atoms with van der Waals surface area (Å²) >= 11 is 4.89. The molecule has 0 aliphatic carbocycles. The van der Waals surface area contributed by atoms with Crippen LogP contribution in [0.3, 0.4) is 0 Å². The molecule has 0 radical (unpaired) electrons. The van der Waals surface area contributed by atoms with Crippen molar-refractivity contribution in [3.05, 3.63) is 32.4 Å². The molecule has 1 amide bonds. The summed E-state index contributed by atoms with van der Waals surface area (Å²) in [5.41, 5.74) is 2.09. The Bertz CT molecular complexity index is 378. The van der Waals surface area contributed by atoms with Crippen molar-refractivity contribution in [3.8, 4) is 0 Å². The summed E-state index contributed by atoms with van der Waals surface area (Å²) in [6.45, 7) is 8.30. The second-order valence-corrected chi connectivity index (χ2v) is 6.06. The average Bonchev–Trinajstić information content (AvgIpc) is 2.44. The molecule has 0 fully saturated rings. The number of rotatable bonds is 3. The first-order valence-corrected chi connectivity index (χ1v) is 6.18. The van der Waals surface area contributed by atoms with Gasteiger partial charge in [-0.05, 0) is 41.4 Å². The van der Waals surface area contributed by atoms with Crippen LogP contribution in [0.2, 0.25) is 0 Å². The van der Waals surface area contributed by atoms with E-state index in [1.54, 1.807) is 11.9 Å². The van der Waals surface area contributed by atoms with E-state index in [4.69, 9.17) is 0 Å². The van der Waals surface area contributed by atoms with Crippen LogP contribution < -0.4 is 0 Å². The third kappa shape index (κ3) is 3.18. The largest absolute Gasteiger partial charge is 0.337 e. The van der Waals surface area contributed by atoms with Crippen LogP contribution in [-0.2, 0) is 0 Å². The highest BCUT2D eigenvalue weighted by Gasteiger charge is 2.15. The molecule has 1 aromatic heterocycles. The van der Waals surface area contributed by atoms with Gasteiger partial charge in [0.1, 0.15) is 0 Å². The summed E-state index contributed by atoms with van der Waals surface area (Å²) < 4.78 is 1.02. The Hall–Kier alpha value is -0.610. The van der Waals surface area contributed by atoms with Crippen molar-refractivity contribution in [2.45, 2.75) is 13.8 Å². The van der Waals surface area contributed by atoms with Crippen LogP contribution in [0.5, 0.6) is 0 Å². The summed E-state index contributed by atoms with van der Waals surface area (Å²) in [5, 5.41) is 0. The van der Waals surface area contributed by atoms with Gasteiger partial charge in [0.2, 0.25) is 0 Å². The zero-order valence-corrected chi connectivity index (χ0v) is 11.5. The number of aryl methyl sites for hydroxylation is 1. The van der Waals surface area contributed by atoms with Gasteiger partial charge in [0.05, 0.1) is 8.66 Å². The predicted molar refractivity (Wildman–Crippen MR) is 68.5 cm³/mol. The first-order chi connectivity index (χ1) is 6.91.